The summed E-state index contributed by atoms with van der Waals surface area (Å²) in [6.45, 7) is 4.12. The fourth-order valence-electron chi connectivity index (χ4n) is 8.10. The van der Waals surface area contributed by atoms with Gasteiger partial charge in [0.15, 0.2) is 0 Å². The van der Waals surface area contributed by atoms with Gasteiger partial charge in [0.1, 0.15) is 19.3 Å². The van der Waals surface area contributed by atoms with Gasteiger partial charge in [-0.3, -0.25) is 9.59 Å². The van der Waals surface area contributed by atoms with E-state index in [1.54, 1.807) is 0 Å². The standard InChI is InChI=1S/C50H60N4O11/c55-46(51-24-10-9-21-45(48(57)58)54-50(60)65-34-44-41-19-7-3-15-37(41)38-16-4-8-20-42(38)44)22-23-47(56)52-25-11-27-61-29-31-63-32-30-62-28-12-26-53-49(59)64-33-43-39-17-5-1-13-35(39)36-14-2-6-18-40(36)43/h1-8,13-20,43-45H,9-12,21-34H2,(H,51,55)(H,52,56)(H,53,59)(H,54,60)(H,57,58). The second kappa shape index (κ2) is 25.9. The molecule has 6 rings (SSSR count). The summed E-state index contributed by atoms with van der Waals surface area (Å²) < 4.78 is 27.7. The number of aliphatic carboxylic acids is 1. The Morgan fingerprint density at radius 1 is 0.477 bits per heavy atom. The molecule has 15 nitrogen and oxygen atoms in total. The summed E-state index contributed by atoms with van der Waals surface area (Å²) in [7, 11) is 0. The Balaban J connectivity index is 0.687. The van der Waals surface area contributed by atoms with Gasteiger partial charge in [-0.25, -0.2) is 14.4 Å². The average molecular weight is 893 g/mol. The minimum Gasteiger partial charge on any atom is -0.480 e. The van der Waals surface area contributed by atoms with E-state index in [1.807, 2.05) is 72.8 Å². The zero-order valence-electron chi connectivity index (χ0n) is 36.7. The number of hydrogen-bond acceptors (Lipinski definition) is 10. The first-order valence-electron chi connectivity index (χ1n) is 22.5. The van der Waals surface area contributed by atoms with E-state index in [1.165, 1.54) is 22.3 Å². The number of amides is 4. The van der Waals surface area contributed by atoms with Gasteiger partial charge in [-0.1, -0.05) is 97.1 Å². The zero-order chi connectivity index (χ0) is 45.6. The highest BCUT2D eigenvalue weighted by molar-refractivity contribution is 5.84. The number of carboxylic acids is 1. The van der Waals surface area contributed by atoms with E-state index in [2.05, 4.69) is 45.5 Å². The highest BCUT2D eigenvalue weighted by atomic mass is 16.6. The summed E-state index contributed by atoms with van der Waals surface area (Å²) in [5, 5.41) is 20.4. The monoisotopic (exact) mass is 892 g/mol. The van der Waals surface area contributed by atoms with Crippen LogP contribution < -0.4 is 21.3 Å². The molecule has 4 aromatic rings. The Hall–Kier alpha value is -6.29. The van der Waals surface area contributed by atoms with Crippen LogP contribution in [0.3, 0.4) is 0 Å². The van der Waals surface area contributed by atoms with Crippen LogP contribution in [-0.2, 0) is 38.1 Å². The number of nitrogens with one attached hydrogen (secondary N) is 4. The second-order valence-corrected chi connectivity index (χ2v) is 15.9. The van der Waals surface area contributed by atoms with E-state index in [9.17, 15) is 29.1 Å². The van der Waals surface area contributed by atoms with Crippen LogP contribution >= 0.6 is 0 Å². The summed E-state index contributed by atoms with van der Waals surface area (Å²) in [6.07, 6.45) is 1.20. The maximum Gasteiger partial charge on any atom is 0.407 e. The van der Waals surface area contributed by atoms with Crippen LogP contribution in [0.25, 0.3) is 22.3 Å². The van der Waals surface area contributed by atoms with Gasteiger partial charge in [0.2, 0.25) is 11.8 Å². The number of unbranched alkanes of at least 4 members (excludes halogenated alkanes) is 1. The van der Waals surface area contributed by atoms with E-state index in [-0.39, 0.29) is 56.1 Å². The van der Waals surface area contributed by atoms with Gasteiger partial charge in [-0.05, 0) is 76.6 Å². The number of carbonyl (C=O) groups excluding carboxylic acids is 4. The van der Waals surface area contributed by atoms with Crippen molar-refractivity contribution in [1.29, 1.82) is 0 Å². The number of hydrogen-bond donors (Lipinski definition) is 5. The molecular formula is C50H60N4O11. The normalized spacial score (nSPS) is 12.9. The molecule has 65 heavy (non-hydrogen) atoms. The highest BCUT2D eigenvalue weighted by Gasteiger charge is 2.31. The number of ether oxygens (including phenoxy) is 5. The predicted molar refractivity (Wildman–Crippen MR) is 243 cm³/mol. The summed E-state index contributed by atoms with van der Waals surface area (Å²) in [5.41, 5.74) is 9.05. The molecule has 0 radical (unpaired) electrons. The van der Waals surface area contributed by atoms with Gasteiger partial charge in [0, 0.05) is 57.5 Å². The molecule has 0 fully saturated rings. The Kier molecular flexibility index (Phi) is 19.2. The molecule has 5 N–H and O–H groups in total. The van der Waals surface area contributed by atoms with Crippen LogP contribution in [0.2, 0.25) is 0 Å². The fourth-order valence-corrected chi connectivity index (χ4v) is 8.10. The molecule has 0 heterocycles. The van der Waals surface area contributed by atoms with E-state index in [0.29, 0.717) is 85.0 Å². The largest absolute Gasteiger partial charge is 0.480 e. The number of carboxylic acid groups (broad SMARTS) is 1. The topological polar surface area (TPSA) is 200 Å². The van der Waals surface area contributed by atoms with Gasteiger partial charge < -0.3 is 50.1 Å². The van der Waals surface area contributed by atoms with Crippen LogP contribution in [0.4, 0.5) is 9.59 Å². The molecular weight excluding hydrogens is 833 g/mol. The summed E-state index contributed by atoms with van der Waals surface area (Å²) in [6, 6.07) is 31.2. The highest BCUT2D eigenvalue weighted by Crippen LogP contribution is 2.45. The van der Waals surface area contributed by atoms with Crippen molar-refractivity contribution in [3.63, 3.8) is 0 Å². The van der Waals surface area contributed by atoms with Crippen molar-refractivity contribution in [1.82, 2.24) is 21.3 Å². The van der Waals surface area contributed by atoms with E-state index >= 15 is 0 Å². The maximum absolute atomic E-state index is 12.6. The molecule has 1 atom stereocenters. The maximum atomic E-state index is 12.6. The minimum atomic E-state index is -1.17. The summed E-state index contributed by atoms with van der Waals surface area (Å²) in [5.74, 6) is -1.79. The summed E-state index contributed by atoms with van der Waals surface area (Å²) in [4.78, 5) is 61.2. The van der Waals surface area contributed by atoms with Crippen molar-refractivity contribution in [3.05, 3.63) is 119 Å². The molecule has 2 aliphatic carbocycles. The third-order valence-electron chi connectivity index (χ3n) is 11.4. The number of fused-ring (bicyclic) bond motifs is 6. The average Bonchev–Trinajstić information content (AvgIpc) is 3.82. The molecule has 15 heteroatoms. The molecule has 0 spiro atoms. The van der Waals surface area contributed by atoms with Crippen molar-refractivity contribution in [3.8, 4) is 22.3 Å². The van der Waals surface area contributed by atoms with Gasteiger partial charge in [-0.2, -0.15) is 0 Å². The first-order valence-corrected chi connectivity index (χ1v) is 22.5. The minimum absolute atomic E-state index is 0.0226. The van der Waals surface area contributed by atoms with Crippen molar-refractivity contribution in [2.45, 2.75) is 62.8 Å². The van der Waals surface area contributed by atoms with E-state index in [4.69, 9.17) is 23.7 Å². The second-order valence-electron chi connectivity index (χ2n) is 15.9. The number of rotatable bonds is 28. The smallest absolute Gasteiger partial charge is 0.407 e. The molecule has 346 valence electrons. The number of benzene rings is 4. The molecule has 1 unspecified atom stereocenters. The van der Waals surface area contributed by atoms with Crippen molar-refractivity contribution >= 4 is 30.0 Å². The fraction of sp³-hybridized carbons (Fsp3) is 0.420. The van der Waals surface area contributed by atoms with Crippen LogP contribution in [-0.4, -0.2) is 114 Å². The van der Waals surface area contributed by atoms with Crippen LogP contribution in [0.15, 0.2) is 97.1 Å². The predicted octanol–water partition coefficient (Wildman–Crippen LogP) is 6.53. The van der Waals surface area contributed by atoms with Gasteiger partial charge >= 0.3 is 18.2 Å². The van der Waals surface area contributed by atoms with E-state index < -0.39 is 24.2 Å². The number of carbonyl (C=O) groups is 5. The van der Waals surface area contributed by atoms with Crippen molar-refractivity contribution in [2.24, 2.45) is 0 Å². The van der Waals surface area contributed by atoms with Crippen LogP contribution in [0.5, 0.6) is 0 Å². The molecule has 4 aromatic carbocycles. The molecule has 4 amide bonds. The van der Waals surface area contributed by atoms with Gasteiger partial charge in [0.25, 0.3) is 0 Å². The molecule has 0 saturated heterocycles. The molecule has 2 aliphatic rings. The SMILES string of the molecule is O=C(CCC(=O)NCCCOCCOCCOCCCNC(=O)OCC1c2ccccc2-c2ccccc21)NCCCCC(NC(=O)OCC1c2ccccc2-c2ccccc21)C(=O)O. The first kappa shape index (κ1) is 48.2. The molecule has 0 saturated carbocycles. The Morgan fingerprint density at radius 2 is 0.862 bits per heavy atom. The third-order valence-corrected chi connectivity index (χ3v) is 11.4. The molecule has 0 aromatic heterocycles. The van der Waals surface area contributed by atoms with Crippen LogP contribution in [0, 0.1) is 0 Å². The molecule has 0 bridgehead atoms. The lowest BCUT2D eigenvalue weighted by Gasteiger charge is -2.17. The lowest BCUT2D eigenvalue weighted by atomic mass is 9.98. The summed E-state index contributed by atoms with van der Waals surface area (Å²) >= 11 is 0. The quantitative estimate of drug-likeness (QED) is 0.0389. The Labute approximate surface area is 379 Å². The first-order chi connectivity index (χ1) is 31.8. The van der Waals surface area contributed by atoms with Crippen molar-refractivity contribution in [2.75, 3.05) is 72.5 Å². The third kappa shape index (κ3) is 14.6. The van der Waals surface area contributed by atoms with Gasteiger partial charge in [-0.15, -0.1) is 0 Å². The van der Waals surface area contributed by atoms with Crippen molar-refractivity contribution < 1.29 is 52.8 Å². The Bertz CT molecular complexity index is 2110. The molecule has 0 aliphatic heterocycles. The van der Waals surface area contributed by atoms with Crippen LogP contribution in [0.1, 0.15) is 79.0 Å². The Morgan fingerprint density at radius 3 is 1.31 bits per heavy atom. The lowest BCUT2D eigenvalue weighted by Crippen LogP contribution is -2.41. The van der Waals surface area contributed by atoms with Gasteiger partial charge in [0.05, 0.1) is 26.4 Å². The van der Waals surface area contributed by atoms with E-state index in [0.717, 1.165) is 22.3 Å². The number of alkyl carbamates (subject to hydrolysis) is 2. The lowest BCUT2D eigenvalue weighted by molar-refractivity contribution is -0.139. The zero-order valence-corrected chi connectivity index (χ0v) is 36.7.